The SMILES string of the molecule is CCc1cc2c(NCCN(C)C)nc(NC)nc2s1. The lowest BCUT2D eigenvalue weighted by atomic mass is 10.3. The Balaban J connectivity index is 2.30. The van der Waals surface area contributed by atoms with Crippen LogP contribution in [0.1, 0.15) is 11.8 Å². The summed E-state index contributed by atoms with van der Waals surface area (Å²) in [6.45, 7) is 4.01. The van der Waals surface area contributed by atoms with E-state index in [-0.39, 0.29) is 0 Å². The van der Waals surface area contributed by atoms with E-state index in [9.17, 15) is 0 Å². The second-order valence-electron chi connectivity index (χ2n) is 4.66. The highest BCUT2D eigenvalue weighted by Crippen LogP contribution is 2.30. The van der Waals surface area contributed by atoms with Crippen molar-refractivity contribution in [2.75, 3.05) is 44.9 Å². The predicted octanol–water partition coefficient (Wildman–Crippen LogP) is 2.27. The van der Waals surface area contributed by atoms with Gasteiger partial charge in [-0.1, -0.05) is 6.92 Å². The molecule has 19 heavy (non-hydrogen) atoms. The van der Waals surface area contributed by atoms with Crippen LogP contribution in [0.5, 0.6) is 0 Å². The smallest absolute Gasteiger partial charge is 0.225 e. The van der Waals surface area contributed by atoms with Crippen molar-refractivity contribution in [1.29, 1.82) is 0 Å². The van der Waals surface area contributed by atoms with Crippen LogP contribution in [-0.4, -0.2) is 49.1 Å². The molecule has 2 aromatic rings. The number of nitrogens with zero attached hydrogens (tertiary/aromatic N) is 3. The molecule has 0 aliphatic heterocycles. The average Bonchev–Trinajstić information content (AvgIpc) is 2.81. The van der Waals surface area contributed by atoms with Gasteiger partial charge in [-0.15, -0.1) is 11.3 Å². The van der Waals surface area contributed by atoms with Crippen LogP contribution in [0.4, 0.5) is 11.8 Å². The van der Waals surface area contributed by atoms with E-state index in [1.165, 1.54) is 4.88 Å². The summed E-state index contributed by atoms with van der Waals surface area (Å²) in [7, 11) is 5.98. The molecule has 6 heteroatoms. The summed E-state index contributed by atoms with van der Waals surface area (Å²) in [5, 5.41) is 7.55. The Hall–Kier alpha value is -1.40. The van der Waals surface area contributed by atoms with Crippen LogP contribution in [-0.2, 0) is 6.42 Å². The number of nitrogens with one attached hydrogen (secondary N) is 2. The first-order chi connectivity index (χ1) is 9.13. The number of likely N-dealkylation sites (N-methyl/N-ethyl adjacent to an activating group) is 1. The van der Waals surface area contributed by atoms with Crippen molar-refractivity contribution in [3.8, 4) is 0 Å². The maximum absolute atomic E-state index is 4.52. The topological polar surface area (TPSA) is 53.1 Å². The standard InChI is InChI=1S/C13H21N5S/c1-5-9-8-10-11(15-6-7-18(3)4)16-13(14-2)17-12(10)19-9/h8H,5-7H2,1-4H3,(H2,14,15,16,17). The molecule has 0 saturated carbocycles. The zero-order valence-electron chi connectivity index (χ0n) is 11.9. The number of anilines is 2. The summed E-state index contributed by atoms with van der Waals surface area (Å²) in [6, 6.07) is 2.19. The maximum Gasteiger partial charge on any atom is 0.225 e. The summed E-state index contributed by atoms with van der Waals surface area (Å²) in [5.41, 5.74) is 0. The number of hydrogen-bond donors (Lipinski definition) is 2. The van der Waals surface area contributed by atoms with Crippen molar-refractivity contribution >= 4 is 33.3 Å². The number of aromatic nitrogens is 2. The minimum Gasteiger partial charge on any atom is -0.368 e. The minimum absolute atomic E-state index is 0.671. The fourth-order valence-electron chi connectivity index (χ4n) is 1.79. The average molecular weight is 279 g/mol. The molecular weight excluding hydrogens is 258 g/mol. The number of hydrogen-bond acceptors (Lipinski definition) is 6. The monoisotopic (exact) mass is 279 g/mol. The van der Waals surface area contributed by atoms with Crippen LogP contribution in [0.2, 0.25) is 0 Å². The van der Waals surface area contributed by atoms with Gasteiger partial charge < -0.3 is 15.5 Å². The van der Waals surface area contributed by atoms with Crippen LogP contribution in [0, 0.1) is 0 Å². The fourth-order valence-corrected chi connectivity index (χ4v) is 2.76. The molecule has 0 aliphatic carbocycles. The van der Waals surface area contributed by atoms with Gasteiger partial charge in [0.05, 0.1) is 5.39 Å². The van der Waals surface area contributed by atoms with Crippen LogP contribution in [0.3, 0.4) is 0 Å². The Morgan fingerprint density at radius 2 is 2.11 bits per heavy atom. The van der Waals surface area contributed by atoms with E-state index in [1.54, 1.807) is 11.3 Å². The van der Waals surface area contributed by atoms with E-state index in [1.807, 2.05) is 7.05 Å². The summed E-state index contributed by atoms with van der Waals surface area (Å²) < 4.78 is 0. The van der Waals surface area contributed by atoms with E-state index >= 15 is 0 Å². The van der Waals surface area contributed by atoms with Crippen molar-refractivity contribution in [3.63, 3.8) is 0 Å². The van der Waals surface area contributed by atoms with Crippen molar-refractivity contribution in [2.45, 2.75) is 13.3 Å². The Bertz CT molecular complexity index is 549. The van der Waals surface area contributed by atoms with Crippen LogP contribution >= 0.6 is 11.3 Å². The second-order valence-corrected chi connectivity index (χ2v) is 5.78. The van der Waals surface area contributed by atoms with Crippen molar-refractivity contribution in [2.24, 2.45) is 0 Å². The third kappa shape index (κ3) is 3.33. The summed E-state index contributed by atoms with van der Waals surface area (Å²) in [4.78, 5) is 13.6. The minimum atomic E-state index is 0.671. The Morgan fingerprint density at radius 1 is 1.32 bits per heavy atom. The van der Waals surface area contributed by atoms with Gasteiger partial charge >= 0.3 is 0 Å². The maximum atomic E-state index is 4.52. The fraction of sp³-hybridized carbons (Fsp3) is 0.538. The van der Waals surface area contributed by atoms with Gasteiger partial charge in [0.15, 0.2) is 0 Å². The Morgan fingerprint density at radius 3 is 2.74 bits per heavy atom. The molecule has 2 aromatic heterocycles. The number of aryl methyl sites for hydroxylation is 1. The lowest BCUT2D eigenvalue weighted by molar-refractivity contribution is 0.425. The zero-order chi connectivity index (χ0) is 13.8. The molecule has 0 unspecified atom stereocenters. The predicted molar refractivity (Wildman–Crippen MR) is 83.4 cm³/mol. The Kier molecular flexibility index (Phi) is 4.55. The molecule has 2 heterocycles. The summed E-state index contributed by atoms with van der Waals surface area (Å²) in [5.74, 6) is 1.59. The molecular formula is C13H21N5S. The third-order valence-corrected chi connectivity index (χ3v) is 4.04. The van der Waals surface area contributed by atoms with Gasteiger partial charge in [-0.3, -0.25) is 0 Å². The molecule has 0 saturated heterocycles. The molecule has 0 fully saturated rings. The van der Waals surface area contributed by atoms with Crippen molar-refractivity contribution < 1.29 is 0 Å². The lowest BCUT2D eigenvalue weighted by Crippen LogP contribution is -2.21. The molecule has 0 bridgehead atoms. The van der Waals surface area contributed by atoms with E-state index < -0.39 is 0 Å². The number of thiophene rings is 1. The highest BCUT2D eigenvalue weighted by atomic mass is 32.1. The molecule has 2 rings (SSSR count). The number of fused-ring (bicyclic) bond motifs is 1. The van der Waals surface area contributed by atoms with E-state index in [2.05, 4.69) is 52.6 Å². The number of rotatable bonds is 6. The van der Waals surface area contributed by atoms with Gasteiger partial charge in [-0.2, -0.15) is 4.98 Å². The molecule has 0 amide bonds. The van der Waals surface area contributed by atoms with Gasteiger partial charge in [0, 0.05) is 25.0 Å². The molecule has 0 aromatic carbocycles. The first-order valence-corrected chi connectivity index (χ1v) is 7.32. The molecule has 0 atom stereocenters. The quantitative estimate of drug-likeness (QED) is 0.849. The first-order valence-electron chi connectivity index (χ1n) is 6.50. The zero-order valence-corrected chi connectivity index (χ0v) is 12.8. The van der Waals surface area contributed by atoms with Crippen molar-refractivity contribution in [3.05, 3.63) is 10.9 Å². The Labute approximate surface area is 118 Å². The molecule has 5 nitrogen and oxygen atoms in total. The van der Waals surface area contributed by atoms with Gasteiger partial charge in [-0.05, 0) is 26.6 Å². The highest BCUT2D eigenvalue weighted by Gasteiger charge is 2.10. The molecule has 104 valence electrons. The molecule has 0 radical (unpaired) electrons. The van der Waals surface area contributed by atoms with E-state index in [4.69, 9.17) is 0 Å². The highest BCUT2D eigenvalue weighted by molar-refractivity contribution is 7.18. The molecule has 0 aliphatic rings. The lowest BCUT2D eigenvalue weighted by Gasteiger charge is -2.12. The van der Waals surface area contributed by atoms with Gasteiger partial charge in [0.2, 0.25) is 5.95 Å². The van der Waals surface area contributed by atoms with Crippen LogP contribution < -0.4 is 10.6 Å². The van der Waals surface area contributed by atoms with Gasteiger partial charge in [0.25, 0.3) is 0 Å². The summed E-state index contributed by atoms with van der Waals surface area (Å²) in [6.07, 6.45) is 1.03. The summed E-state index contributed by atoms with van der Waals surface area (Å²) >= 11 is 1.74. The second kappa shape index (κ2) is 6.16. The normalized spacial score (nSPS) is 11.2. The molecule has 2 N–H and O–H groups in total. The van der Waals surface area contributed by atoms with E-state index in [0.29, 0.717) is 5.95 Å². The van der Waals surface area contributed by atoms with Crippen LogP contribution in [0.15, 0.2) is 6.07 Å². The van der Waals surface area contributed by atoms with Crippen molar-refractivity contribution in [1.82, 2.24) is 14.9 Å². The van der Waals surface area contributed by atoms with E-state index in [0.717, 1.165) is 35.5 Å². The van der Waals surface area contributed by atoms with Gasteiger partial charge in [-0.25, -0.2) is 4.98 Å². The van der Waals surface area contributed by atoms with Crippen LogP contribution in [0.25, 0.3) is 10.2 Å². The third-order valence-electron chi connectivity index (χ3n) is 2.87. The molecule has 0 spiro atoms. The first kappa shape index (κ1) is 14.0. The largest absolute Gasteiger partial charge is 0.368 e. The van der Waals surface area contributed by atoms with Gasteiger partial charge in [0.1, 0.15) is 10.6 Å².